The molecule has 1 unspecified atom stereocenters. The molecule has 1 N–H and O–H groups in total. The molecule has 1 aromatic heterocycles. The Labute approximate surface area is 213 Å². The van der Waals surface area contributed by atoms with Gasteiger partial charge in [0, 0.05) is 22.3 Å². The number of hydrogen-bond acceptors (Lipinski definition) is 6. The zero-order chi connectivity index (χ0) is 24.8. The maximum atomic E-state index is 12.7. The minimum Gasteiger partial charge on any atom is -0.497 e. The standard InChI is InChI=1S/C25H31BrN4O3S/c1-15(2)21-12-18(26)10-11-22(21)27-23(31)14-34-25-29-28-24(30(25)16(3)4)17(5)33-20-9-7-8-19(13-20)32-6/h7-13,15-17H,14H2,1-6H3,(H,27,31). The summed E-state index contributed by atoms with van der Waals surface area (Å²) in [6.07, 6.45) is -0.332. The van der Waals surface area contributed by atoms with Gasteiger partial charge in [0.05, 0.1) is 12.9 Å². The Morgan fingerprint density at radius 2 is 1.82 bits per heavy atom. The summed E-state index contributed by atoms with van der Waals surface area (Å²) in [4.78, 5) is 12.7. The molecule has 0 spiro atoms. The smallest absolute Gasteiger partial charge is 0.234 e. The molecule has 1 amide bonds. The van der Waals surface area contributed by atoms with E-state index in [9.17, 15) is 4.79 Å². The van der Waals surface area contributed by atoms with Crippen LogP contribution in [0, 0.1) is 0 Å². The minimum absolute atomic E-state index is 0.0882. The van der Waals surface area contributed by atoms with E-state index in [2.05, 4.69) is 59.1 Å². The number of nitrogens with one attached hydrogen (secondary N) is 1. The summed E-state index contributed by atoms with van der Waals surface area (Å²) in [5.41, 5.74) is 1.92. The van der Waals surface area contributed by atoms with Gasteiger partial charge in [0.2, 0.25) is 5.91 Å². The van der Waals surface area contributed by atoms with E-state index in [1.165, 1.54) is 11.8 Å². The maximum Gasteiger partial charge on any atom is 0.234 e. The summed E-state index contributed by atoms with van der Waals surface area (Å²) in [6, 6.07) is 13.5. The van der Waals surface area contributed by atoms with E-state index < -0.39 is 0 Å². The van der Waals surface area contributed by atoms with Crippen molar-refractivity contribution in [3.63, 3.8) is 0 Å². The third kappa shape index (κ3) is 6.54. The van der Waals surface area contributed by atoms with Gasteiger partial charge in [0.15, 0.2) is 17.1 Å². The van der Waals surface area contributed by atoms with Gasteiger partial charge in [-0.25, -0.2) is 0 Å². The molecule has 0 fully saturated rings. The average Bonchev–Trinajstić information content (AvgIpc) is 3.23. The second-order valence-corrected chi connectivity index (χ2v) is 10.3. The van der Waals surface area contributed by atoms with Crippen LogP contribution >= 0.6 is 27.7 Å². The number of ether oxygens (including phenoxy) is 2. The van der Waals surface area contributed by atoms with Crippen LogP contribution in [-0.4, -0.2) is 33.5 Å². The molecule has 0 aliphatic carbocycles. The number of halogens is 1. The van der Waals surface area contributed by atoms with Gasteiger partial charge in [0.1, 0.15) is 11.5 Å². The second-order valence-electron chi connectivity index (χ2n) is 8.47. The van der Waals surface area contributed by atoms with Crippen LogP contribution in [0.25, 0.3) is 0 Å². The minimum atomic E-state index is -0.332. The Bertz CT molecular complexity index is 1130. The monoisotopic (exact) mass is 546 g/mol. The average molecular weight is 548 g/mol. The van der Waals surface area contributed by atoms with Crippen LogP contribution in [0.1, 0.15) is 64.1 Å². The van der Waals surface area contributed by atoms with E-state index in [1.807, 2.05) is 54.0 Å². The molecular formula is C25H31BrN4O3S. The van der Waals surface area contributed by atoms with Gasteiger partial charge < -0.3 is 19.4 Å². The maximum absolute atomic E-state index is 12.7. The summed E-state index contributed by atoms with van der Waals surface area (Å²) in [5.74, 6) is 2.55. The number of rotatable bonds is 10. The van der Waals surface area contributed by atoms with Gasteiger partial charge in [-0.1, -0.05) is 47.6 Å². The van der Waals surface area contributed by atoms with E-state index in [4.69, 9.17) is 9.47 Å². The van der Waals surface area contributed by atoms with Crippen molar-refractivity contribution < 1.29 is 14.3 Å². The van der Waals surface area contributed by atoms with Crippen LogP contribution < -0.4 is 14.8 Å². The molecule has 1 atom stereocenters. The lowest BCUT2D eigenvalue weighted by Gasteiger charge is -2.19. The molecule has 0 aliphatic rings. The van der Waals surface area contributed by atoms with Crippen molar-refractivity contribution in [2.75, 3.05) is 18.2 Å². The predicted molar refractivity (Wildman–Crippen MR) is 140 cm³/mol. The van der Waals surface area contributed by atoms with Crippen molar-refractivity contribution in [3.05, 3.63) is 58.3 Å². The molecule has 2 aromatic carbocycles. The predicted octanol–water partition coefficient (Wildman–Crippen LogP) is 6.62. The quantitative estimate of drug-likeness (QED) is 0.287. The summed E-state index contributed by atoms with van der Waals surface area (Å²) in [7, 11) is 1.62. The van der Waals surface area contributed by atoms with E-state index in [0.29, 0.717) is 16.7 Å². The first kappa shape index (κ1) is 26.1. The Hall–Kier alpha value is -2.52. The fraction of sp³-hybridized carbons (Fsp3) is 0.400. The SMILES string of the molecule is COc1cccc(OC(C)c2nnc(SCC(=O)Nc3ccc(Br)cc3C(C)C)n2C(C)C)c1. The van der Waals surface area contributed by atoms with Crippen molar-refractivity contribution in [1.82, 2.24) is 14.8 Å². The Balaban J connectivity index is 1.70. The number of anilines is 1. The third-order valence-corrected chi connectivity index (χ3v) is 6.60. The normalized spacial score (nSPS) is 12.1. The van der Waals surface area contributed by atoms with Gasteiger partial charge in [-0.05, 0) is 62.6 Å². The summed E-state index contributed by atoms with van der Waals surface area (Å²) in [6.45, 7) is 10.3. The van der Waals surface area contributed by atoms with Crippen LogP contribution in [-0.2, 0) is 4.79 Å². The number of aromatic nitrogens is 3. The molecule has 182 valence electrons. The van der Waals surface area contributed by atoms with Crippen LogP contribution in [0.3, 0.4) is 0 Å². The molecule has 0 bridgehead atoms. The zero-order valence-electron chi connectivity index (χ0n) is 20.3. The Morgan fingerprint density at radius 1 is 1.09 bits per heavy atom. The summed E-state index contributed by atoms with van der Waals surface area (Å²) >= 11 is 4.87. The number of amides is 1. The third-order valence-electron chi connectivity index (χ3n) is 5.17. The Morgan fingerprint density at radius 3 is 2.50 bits per heavy atom. The van der Waals surface area contributed by atoms with Crippen molar-refractivity contribution in [2.45, 2.75) is 57.8 Å². The van der Waals surface area contributed by atoms with Crippen molar-refractivity contribution >= 4 is 39.3 Å². The first-order valence-corrected chi connectivity index (χ1v) is 12.9. The number of thioether (sulfide) groups is 1. The number of hydrogen-bond donors (Lipinski definition) is 1. The molecule has 34 heavy (non-hydrogen) atoms. The van der Waals surface area contributed by atoms with Gasteiger partial charge in [-0.3, -0.25) is 4.79 Å². The van der Waals surface area contributed by atoms with Gasteiger partial charge in [0.25, 0.3) is 0 Å². The highest BCUT2D eigenvalue weighted by Gasteiger charge is 2.22. The topological polar surface area (TPSA) is 78.3 Å². The molecule has 0 saturated carbocycles. The van der Waals surface area contributed by atoms with Gasteiger partial charge >= 0.3 is 0 Å². The van der Waals surface area contributed by atoms with Crippen LogP contribution in [0.15, 0.2) is 52.1 Å². The van der Waals surface area contributed by atoms with E-state index in [1.54, 1.807) is 7.11 Å². The van der Waals surface area contributed by atoms with Crippen LogP contribution in [0.5, 0.6) is 11.5 Å². The van der Waals surface area contributed by atoms with Crippen molar-refractivity contribution in [3.8, 4) is 11.5 Å². The molecule has 0 saturated heterocycles. The van der Waals surface area contributed by atoms with Crippen LogP contribution in [0.2, 0.25) is 0 Å². The molecule has 3 aromatic rings. The number of carbonyl (C=O) groups is 1. The lowest BCUT2D eigenvalue weighted by atomic mass is 10.0. The lowest BCUT2D eigenvalue weighted by molar-refractivity contribution is -0.113. The van der Waals surface area contributed by atoms with Crippen LogP contribution in [0.4, 0.5) is 5.69 Å². The molecular weight excluding hydrogens is 516 g/mol. The Kier molecular flexibility index (Phi) is 9.02. The lowest BCUT2D eigenvalue weighted by Crippen LogP contribution is -2.17. The molecule has 9 heteroatoms. The summed E-state index contributed by atoms with van der Waals surface area (Å²) < 4.78 is 14.4. The highest BCUT2D eigenvalue weighted by Crippen LogP contribution is 2.30. The number of carbonyl (C=O) groups excluding carboxylic acids is 1. The van der Waals surface area contributed by atoms with E-state index >= 15 is 0 Å². The molecule has 0 radical (unpaired) electrons. The zero-order valence-corrected chi connectivity index (χ0v) is 22.7. The van der Waals surface area contributed by atoms with E-state index in [0.717, 1.165) is 21.5 Å². The number of methoxy groups -OCH3 is 1. The molecule has 7 nitrogen and oxygen atoms in total. The summed E-state index contributed by atoms with van der Waals surface area (Å²) in [5, 5.41) is 12.5. The highest BCUT2D eigenvalue weighted by atomic mass is 79.9. The van der Waals surface area contributed by atoms with Gasteiger partial charge in [-0.15, -0.1) is 10.2 Å². The first-order valence-electron chi connectivity index (χ1n) is 11.2. The van der Waals surface area contributed by atoms with Crippen molar-refractivity contribution in [2.24, 2.45) is 0 Å². The number of nitrogens with zero attached hydrogens (tertiary/aromatic N) is 3. The molecule has 0 aliphatic heterocycles. The largest absolute Gasteiger partial charge is 0.497 e. The van der Waals surface area contributed by atoms with E-state index in [-0.39, 0.29) is 29.7 Å². The fourth-order valence-corrected chi connectivity index (χ4v) is 4.78. The first-order chi connectivity index (χ1) is 16.2. The molecule has 3 rings (SSSR count). The number of benzene rings is 2. The highest BCUT2D eigenvalue weighted by molar-refractivity contribution is 9.10. The molecule has 1 heterocycles. The fourth-order valence-electron chi connectivity index (χ4n) is 3.52. The second kappa shape index (κ2) is 11.8. The van der Waals surface area contributed by atoms with Crippen molar-refractivity contribution in [1.29, 1.82) is 0 Å². The van der Waals surface area contributed by atoms with Gasteiger partial charge in [-0.2, -0.15) is 0 Å².